The Bertz CT molecular complexity index is 1040. The highest BCUT2D eigenvalue weighted by Crippen LogP contribution is 2.35. The van der Waals surface area contributed by atoms with Gasteiger partial charge in [0, 0.05) is 21.2 Å². The van der Waals surface area contributed by atoms with Crippen molar-refractivity contribution in [3.05, 3.63) is 61.9 Å². The first-order valence-electron chi connectivity index (χ1n) is 7.32. The smallest absolute Gasteiger partial charge is 0.342 e. The van der Waals surface area contributed by atoms with Crippen LogP contribution in [0.4, 0.5) is 0 Å². The van der Waals surface area contributed by atoms with E-state index in [1.54, 1.807) is 24.3 Å². The molecule has 0 amide bonds. The summed E-state index contributed by atoms with van der Waals surface area (Å²) in [7, 11) is 0. The van der Waals surface area contributed by atoms with Crippen molar-refractivity contribution in [1.29, 1.82) is 0 Å². The topological polar surface area (TPSA) is 99.1 Å². The third-order valence-electron chi connectivity index (χ3n) is 3.34. The van der Waals surface area contributed by atoms with Crippen LogP contribution in [0.1, 0.15) is 5.56 Å². The molecule has 138 valence electrons. The molecule has 0 saturated heterocycles. The van der Waals surface area contributed by atoms with Crippen molar-refractivity contribution in [3.8, 4) is 17.1 Å². The SMILES string of the molecule is O=C(O)/C(=C/c1cc(Cl)cc(Cl)c1O)Sc1n[nH]c(-c2ccc(Cl)cc2)n1. The van der Waals surface area contributed by atoms with Crippen LogP contribution in [0, 0.1) is 0 Å². The molecular weight excluding hydrogens is 433 g/mol. The second-order valence-electron chi connectivity index (χ2n) is 5.21. The average molecular weight is 443 g/mol. The second-order valence-corrected chi connectivity index (χ2v) is 7.50. The number of phenols is 1. The Morgan fingerprint density at radius 2 is 1.81 bits per heavy atom. The number of carbonyl (C=O) groups is 1. The van der Waals surface area contributed by atoms with Gasteiger partial charge in [0.2, 0.25) is 5.16 Å². The van der Waals surface area contributed by atoms with Gasteiger partial charge in [-0.1, -0.05) is 34.8 Å². The van der Waals surface area contributed by atoms with E-state index in [0.29, 0.717) is 10.8 Å². The summed E-state index contributed by atoms with van der Waals surface area (Å²) in [6.07, 6.45) is 1.25. The van der Waals surface area contributed by atoms with Gasteiger partial charge in [0.25, 0.3) is 0 Å². The molecule has 3 N–H and O–H groups in total. The summed E-state index contributed by atoms with van der Waals surface area (Å²) in [5.41, 5.74) is 0.921. The van der Waals surface area contributed by atoms with E-state index >= 15 is 0 Å². The van der Waals surface area contributed by atoms with E-state index in [1.807, 2.05) is 0 Å². The Balaban J connectivity index is 1.90. The van der Waals surface area contributed by atoms with Crippen LogP contribution in [0.25, 0.3) is 17.5 Å². The minimum absolute atomic E-state index is 0.0198. The number of halogens is 3. The summed E-state index contributed by atoms with van der Waals surface area (Å²) in [4.78, 5) is 15.7. The van der Waals surface area contributed by atoms with Crippen LogP contribution in [0.2, 0.25) is 15.1 Å². The molecule has 1 heterocycles. The molecule has 0 aliphatic heterocycles. The lowest BCUT2D eigenvalue weighted by atomic mass is 10.2. The number of aromatic nitrogens is 3. The van der Waals surface area contributed by atoms with Gasteiger partial charge < -0.3 is 10.2 Å². The van der Waals surface area contributed by atoms with Crippen LogP contribution in [0.3, 0.4) is 0 Å². The van der Waals surface area contributed by atoms with Crippen molar-refractivity contribution < 1.29 is 15.0 Å². The first kappa shape index (κ1) is 19.6. The first-order valence-corrected chi connectivity index (χ1v) is 9.27. The Morgan fingerprint density at radius 3 is 2.48 bits per heavy atom. The maximum Gasteiger partial charge on any atom is 0.342 e. The summed E-state index contributed by atoms with van der Waals surface area (Å²) in [6.45, 7) is 0. The van der Waals surface area contributed by atoms with Crippen molar-refractivity contribution in [2.45, 2.75) is 5.16 Å². The van der Waals surface area contributed by atoms with Crippen LogP contribution >= 0.6 is 46.6 Å². The van der Waals surface area contributed by atoms with Gasteiger partial charge in [-0.2, -0.15) is 0 Å². The minimum Gasteiger partial charge on any atom is -0.506 e. The monoisotopic (exact) mass is 441 g/mol. The standard InChI is InChI=1S/C17H10Cl3N3O3S/c18-10-3-1-8(2-4-10)15-21-17(23-22-15)27-13(16(25)26)6-9-5-11(19)7-12(20)14(9)24/h1-7,24H,(H,25,26)(H,21,22,23)/b13-6-. The highest BCUT2D eigenvalue weighted by molar-refractivity contribution is 8.04. The summed E-state index contributed by atoms with van der Waals surface area (Å²) < 4.78 is 0. The Kier molecular flexibility index (Phi) is 5.96. The quantitative estimate of drug-likeness (QED) is 0.363. The first-order chi connectivity index (χ1) is 12.8. The molecule has 1 aromatic heterocycles. The summed E-state index contributed by atoms with van der Waals surface area (Å²) in [5, 5.41) is 27.3. The van der Waals surface area contributed by atoms with E-state index in [-0.39, 0.29) is 31.4 Å². The van der Waals surface area contributed by atoms with Crippen molar-refractivity contribution in [2.75, 3.05) is 0 Å². The number of aromatic amines is 1. The highest BCUT2D eigenvalue weighted by Gasteiger charge is 2.16. The number of benzene rings is 2. The highest BCUT2D eigenvalue weighted by atomic mass is 35.5. The third kappa shape index (κ3) is 4.75. The summed E-state index contributed by atoms with van der Waals surface area (Å²) in [6, 6.07) is 9.70. The zero-order chi connectivity index (χ0) is 19.6. The number of carboxylic acids is 1. The Hall–Kier alpha value is -2.19. The number of nitrogens with zero attached hydrogens (tertiary/aromatic N) is 2. The van der Waals surface area contributed by atoms with Gasteiger partial charge in [-0.15, -0.1) is 5.10 Å². The fourth-order valence-corrected chi connectivity index (χ4v) is 3.43. The number of nitrogens with one attached hydrogen (secondary N) is 1. The molecule has 0 radical (unpaired) electrons. The normalized spacial score (nSPS) is 11.6. The number of hydrogen-bond donors (Lipinski definition) is 3. The van der Waals surface area contributed by atoms with E-state index in [2.05, 4.69) is 15.2 Å². The van der Waals surface area contributed by atoms with E-state index in [0.717, 1.165) is 17.3 Å². The Morgan fingerprint density at radius 1 is 1.11 bits per heavy atom. The van der Waals surface area contributed by atoms with Gasteiger partial charge in [0.15, 0.2) is 5.82 Å². The van der Waals surface area contributed by atoms with E-state index in [4.69, 9.17) is 34.8 Å². The zero-order valence-electron chi connectivity index (χ0n) is 13.3. The largest absolute Gasteiger partial charge is 0.506 e. The molecule has 0 saturated carbocycles. The summed E-state index contributed by atoms with van der Waals surface area (Å²) in [5.74, 6) is -1.02. The van der Waals surface area contributed by atoms with Gasteiger partial charge in [-0.3, -0.25) is 5.10 Å². The van der Waals surface area contributed by atoms with Gasteiger partial charge in [-0.25, -0.2) is 9.78 Å². The number of aromatic hydroxyl groups is 1. The van der Waals surface area contributed by atoms with Gasteiger partial charge >= 0.3 is 5.97 Å². The zero-order valence-corrected chi connectivity index (χ0v) is 16.4. The van der Waals surface area contributed by atoms with E-state index < -0.39 is 5.97 Å². The number of rotatable bonds is 5. The second kappa shape index (κ2) is 8.22. The molecule has 0 unspecified atom stereocenters. The van der Waals surface area contributed by atoms with E-state index in [1.165, 1.54) is 18.2 Å². The molecule has 2 aromatic carbocycles. The summed E-state index contributed by atoms with van der Waals surface area (Å²) >= 11 is 18.5. The molecule has 0 atom stereocenters. The van der Waals surface area contributed by atoms with Crippen LogP contribution in [0.5, 0.6) is 5.75 Å². The van der Waals surface area contributed by atoms with Crippen LogP contribution < -0.4 is 0 Å². The molecule has 6 nitrogen and oxygen atoms in total. The molecule has 3 aromatic rings. The van der Waals surface area contributed by atoms with E-state index in [9.17, 15) is 15.0 Å². The number of hydrogen-bond acceptors (Lipinski definition) is 5. The lowest BCUT2D eigenvalue weighted by molar-refractivity contribution is -0.131. The van der Waals surface area contributed by atoms with Crippen molar-refractivity contribution in [3.63, 3.8) is 0 Å². The van der Waals surface area contributed by atoms with Gasteiger partial charge in [0.05, 0.1) is 5.02 Å². The molecule has 0 bridgehead atoms. The lowest BCUT2D eigenvalue weighted by Crippen LogP contribution is -1.97. The maximum atomic E-state index is 11.6. The predicted octanol–water partition coefficient (Wildman–Crippen LogP) is 5.36. The molecule has 0 fully saturated rings. The molecule has 27 heavy (non-hydrogen) atoms. The number of H-pyrrole nitrogens is 1. The molecular formula is C17H10Cl3N3O3S. The molecule has 0 aliphatic rings. The maximum absolute atomic E-state index is 11.6. The van der Waals surface area contributed by atoms with Crippen LogP contribution in [-0.4, -0.2) is 31.4 Å². The average Bonchev–Trinajstić information content (AvgIpc) is 3.07. The van der Waals surface area contributed by atoms with Crippen LogP contribution in [0.15, 0.2) is 46.5 Å². The fraction of sp³-hybridized carbons (Fsp3) is 0. The van der Waals surface area contributed by atoms with Gasteiger partial charge in [0.1, 0.15) is 10.7 Å². The third-order valence-corrected chi connectivity index (χ3v) is 4.97. The lowest BCUT2D eigenvalue weighted by Gasteiger charge is -2.04. The van der Waals surface area contributed by atoms with Crippen molar-refractivity contribution in [2.24, 2.45) is 0 Å². The molecule has 10 heteroatoms. The number of carboxylic acid groups (broad SMARTS) is 1. The van der Waals surface area contributed by atoms with Crippen molar-refractivity contribution >= 4 is 58.6 Å². The fourth-order valence-electron chi connectivity index (χ4n) is 2.10. The molecule has 3 rings (SSSR count). The number of thioether (sulfide) groups is 1. The molecule has 0 spiro atoms. The van der Waals surface area contributed by atoms with Gasteiger partial charge in [-0.05, 0) is 54.2 Å². The number of aliphatic carboxylic acids is 1. The van der Waals surface area contributed by atoms with Crippen LogP contribution in [-0.2, 0) is 4.79 Å². The molecule has 0 aliphatic carbocycles. The minimum atomic E-state index is -1.21. The Labute approximate surface area is 172 Å². The predicted molar refractivity (Wildman–Crippen MR) is 106 cm³/mol. The van der Waals surface area contributed by atoms with Crippen molar-refractivity contribution in [1.82, 2.24) is 15.2 Å². The number of phenolic OH excluding ortho intramolecular Hbond substituents is 1.